The van der Waals surface area contributed by atoms with Crippen LogP contribution in [0.5, 0.6) is 0 Å². The first-order valence-electron chi connectivity index (χ1n) is 9.85. The maximum Gasteiger partial charge on any atom is 0.263 e. The zero-order chi connectivity index (χ0) is 22.0. The Labute approximate surface area is 178 Å². The Kier molecular flexibility index (Phi) is 5.68. The Bertz CT molecular complexity index is 1170. The van der Waals surface area contributed by atoms with E-state index in [1.165, 1.54) is 11.7 Å². The predicted molar refractivity (Wildman–Crippen MR) is 114 cm³/mol. The number of ether oxygens (including phenoxy) is 1. The van der Waals surface area contributed by atoms with E-state index in [9.17, 15) is 14.4 Å². The minimum absolute atomic E-state index is 0.00348. The molecule has 0 radical (unpaired) electrons. The summed E-state index contributed by atoms with van der Waals surface area (Å²) in [6.45, 7) is 0.775. The summed E-state index contributed by atoms with van der Waals surface area (Å²) in [5, 5.41) is 2.83. The third-order valence-electron chi connectivity index (χ3n) is 5.34. The average molecular weight is 421 g/mol. The molecule has 2 aromatic heterocycles. The number of nitrogens with zero attached hydrogens (tertiary/aromatic N) is 4. The molecule has 0 atom stereocenters. The highest BCUT2D eigenvalue weighted by Gasteiger charge is 2.27. The largest absolute Gasteiger partial charge is 0.375 e. The fraction of sp³-hybridized carbons (Fsp3) is 0.273. The van der Waals surface area contributed by atoms with E-state index in [4.69, 9.17) is 4.74 Å². The third kappa shape index (κ3) is 4.13. The molecule has 1 N–H and O–H groups in total. The van der Waals surface area contributed by atoms with Crippen molar-refractivity contribution in [3.05, 3.63) is 76.2 Å². The van der Waals surface area contributed by atoms with E-state index in [0.717, 1.165) is 11.3 Å². The number of rotatable bonds is 5. The molecule has 1 aliphatic rings. The van der Waals surface area contributed by atoms with Gasteiger partial charge >= 0.3 is 0 Å². The molecule has 0 unspecified atom stereocenters. The van der Waals surface area contributed by atoms with E-state index in [-0.39, 0.29) is 23.6 Å². The Morgan fingerprint density at radius 2 is 2.00 bits per heavy atom. The van der Waals surface area contributed by atoms with Crippen molar-refractivity contribution in [1.29, 1.82) is 0 Å². The van der Waals surface area contributed by atoms with Gasteiger partial charge < -0.3 is 24.1 Å². The number of benzene rings is 1. The van der Waals surface area contributed by atoms with Crippen molar-refractivity contribution >= 4 is 17.5 Å². The van der Waals surface area contributed by atoms with Gasteiger partial charge in [0.1, 0.15) is 12.2 Å². The molecule has 0 fully saturated rings. The smallest absolute Gasteiger partial charge is 0.263 e. The molecule has 0 saturated carbocycles. The first-order chi connectivity index (χ1) is 15.0. The number of hydrogen-bond acceptors (Lipinski definition) is 5. The van der Waals surface area contributed by atoms with Gasteiger partial charge in [-0.2, -0.15) is 0 Å². The number of carbonyl (C=O) groups excluding carboxylic acids is 2. The van der Waals surface area contributed by atoms with E-state index in [1.54, 1.807) is 42.8 Å². The quantitative estimate of drug-likeness (QED) is 0.671. The lowest BCUT2D eigenvalue weighted by atomic mass is 9.96. The van der Waals surface area contributed by atoms with Crippen molar-refractivity contribution in [3.8, 4) is 5.69 Å². The number of aryl methyl sites for hydroxylation is 1. The number of nitrogens with one attached hydrogen (secondary N) is 1. The fourth-order valence-corrected chi connectivity index (χ4v) is 3.77. The van der Waals surface area contributed by atoms with E-state index in [2.05, 4.69) is 10.3 Å². The highest BCUT2D eigenvalue weighted by atomic mass is 16.5. The molecule has 31 heavy (non-hydrogen) atoms. The van der Waals surface area contributed by atoms with Crippen LogP contribution in [0.15, 0.2) is 54.0 Å². The second-order valence-corrected chi connectivity index (χ2v) is 7.39. The lowest BCUT2D eigenvalue weighted by molar-refractivity contribution is -0.136. The minimum atomic E-state index is -0.454. The van der Waals surface area contributed by atoms with Gasteiger partial charge in [0, 0.05) is 57.2 Å². The van der Waals surface area contributed by atoms with Crippen molar-refractivity contribution < 1.29 is 14.3 Å². The molecule has 9 nitrogen and oxygen atoms in total. The van der Waals surface area contributed by atoms with Crippen LogP contribution in [0, 0.1) is 0 Å². The third-order valence-corrected chi connectivity index (χ3v) is 5.34. The average Bonchev–Trinajstić information content (AvgIpc) is 3.30. The number of anilines is 1. The van der Waals surface area contributed by atoms with Crippen LogP contribution in [-0.4, -0.2) is 51.1 Å². The van der Waals surface area contributed by atoms with Gasteiger partial charge in [-0.05, 0) is 41.8 Å². The van der Waals surface area contributed by atoms with Crippen LogP contribution in [-0.2, 0) is 29.5 Å². The van der Waals surface area contributed by atoms with Crippen molar-refractivity contribution in [1.82, 2.24) is 19.0 Å². The van der Waals surface area contributed by atoms with Gasteiger partial charge in [0.05, 0.1) is 6.33 Å². The van der Waals surface area contributed by atoms with Gasteiger partial charge in [-0.3, -0.25) is 14.4 Å². The molecule has 160 valence electrons. The van der Waals surface area contributed by atoms with Crippen LogP contribution in [0.4, 0.5) is 5.69 Å². The Hall–Kier alpha value is -3.72. The summed E-state index contributed by atoms with van der Waals surface area (Å²) >= 11 is 0. The Morgan fingerprint density at radius 1 is 1.23 bits per heavy atom. The molecule has 0 saturated heterocycles. The first-order valence-corrected chi connectivity index (χ1v) is 9.85. The summed E-state index contributed by atoms with van der Waals surface area (Å²) < 4.78 is 8.17. The normalized spacial score (nSPS) is 13.0. The predicted octanol–water partition coefficient (Wildman–Crippen LogP) is 1.35. The van der Waals surface area contributed by atoms with Crippen molar-refractivity contribution in [2.24, 2.45) is 7.05 Å². The molecule has 9 heteroatoms. The number of amides is 2. The zero-order valence-electron chi connectivity index (χ0n) is 17.4. The lowest BCUT2D eigenvalue weighted by Gasteiger charge is -2.30. The van der Waals surface area contributed by atoms with E-state index in [1.807, 2.05) is 22.9 Å². The van der Waals surface area contributed by atoms with Gasteiger partial charge in [0.15, 0.2) is 0 Å². The van der Waals surface area contributed by atoms with Crippen molar-refractivity contribution in [2.75, 3.05) is 25.6 Å². The van der Waals surface area contributed by atoms with Crippen LogP contribution in [0.25, 0.3) is 5.69 Å². The molecule has 0 aliphatic carbocycles. The number of carbonyl (C=O) groups is 2. The Morgan fingerprint density at radius 3 is 2.68 bits per heavy atom. The number of hydrogen-bond donors (Lipinski definition) is 1. The second kappa shape index (κ2) is 8.57. The van der Waals surface area contributed by atoms with Gasteiger partial charge in [-0.15, -0.1) is 0 Å². The van der Waals surface area contributed by atoms with Crippen LogP contribution >= 0.6 is 0 Å². The topological polar surface area (TPSA) is 98.5 Å². The van der Waals surface area contributed by atoms with Gasteiger partial charge in [0.25, 0.3) is 11.5 Å². The van der Waals surface area contributed by atoms with E-state index in [0.29, 0.717) is 30.8 Å². The SMILES string of the molecule is COCC(=O)N1CCc2c(cn(C)c(=O)c2C(=O)Nc2ccc(-n3ccnc3)cc2)C1. The monoisotopic (exact) mass is 421 g/mol. The summed E-state index contributed by atoms with van der Waals surface area (Å²) in [6.07, 6.45) is 7.33. The zero-order valence-corrected chi connectivity index (χ0v) is 17.4. The molecule has 3 heterocycles. The van der Waals surface area contributed by atoms with Crippen LogP contribution in [0.2, 0.25) is 0 Å². The summed E-state index contributed by atoms with van der Waals surface area (Å²) in [5.74, 6) is -0.574. The molecular formula is C22H23N5O4. The molecule has 0 spiro atoms. The van der Waals surface area contributed by atoms with Gasteiger partial charge in [-0.1, -0.05) is 0 Å². The highest BCUT2D eigenvalue weighted by molar-refractivity contribution is 6.05. The van der Waals surface area contributed by atoms with Crippen LogP contribution in [0.3, 0.4) is 0 Å². The number of fused-ring (bicyclic) bond motifs is 1. The molecule has 1 aliphatic heterocycles. The lowest BCUT2D eigenvalue weighted by Crippen LogP contribution is -2.41. The Balaban J connectivity index is 1.59. The summed E-state index contributed by atoms with van der Waals surface area (Å²) in [7, 11) is 3.08. The van der Waals surface area contributed by atoms with Gasteiger partial charge in [0.2, 0.25) is 5.91 Å². The number of aromatic nitrogens is 3. The van der Waals surface area contributed by atoms with Gasteiger partial charge in [-0.25, -0.2) is 4.98 Å². The molecule has 2 amide bonds. The molecule has 0 bridgehead atoms. The highest BCUT2D eigenvalue weighted by Crippen LogP contribution is 2.22. The maximum atomic E-state index is 13.1. The number of methoxy groups -OCH3 is 1. The second-order valence-electron chi connectivity index (χ2n) is 7.39. The van der Waals surface area contributed by atoms with Crippen molar-refractivity contribution in [3.63, 3.8) is 0 Å². The van der Waals surface area contributed by atoms with Crippen LogP contribution < -0.4 is 10.9 Å². The van der Waals surface area contributed by atoms with E-state index >= 15 is 0 Å². The molecule has 4 rings (SSSR count). The fourth-order valence-electron chi connectivity index (χ4n) is 3.77. The minimum Gasteiger partial charge on any atom is -0.375 e. The summed E-state index contributed by atoms with van der Waals surface area (Å²) in [6, 6.07) is 7.26. The van der Waals surface area contributed by atoms with Crippen molar-refractivity contribution in [2.45, 2.75) is 13.0 Å². The molecule has 1 aromatic carbocycles. The molecule has 3 aromatic rings. The summed E-state index contributed by atoms with van der Waals surface area (Å²) in [5.41, 5.74) is 2.74. The standard InChI is InChI=1S/C22H23N5O4/c1-25-11-15-12-26(19(28)13-31-2)9-7-18(15)20(22(25)30)21(29)24-16-3-5-17(6-4-16)27-10-8-23-14-27/h3-6,8,10-11,14H,7,9,12-13H2,1-2H3,(H,24,29). The molecular weight excluding hydrogens is 398 g/mol. The maximum absolute atomic E-state index is 13.1. The first kappa shape index (κ1) is 20.5. The van der Waals surface area contributed by atoms with E-state index < -0.39 is 5.91 Å². The number of imidazole rings is 1. The summed E-state index contributed by atoms with van der Waals surface area (Å²) in [4.78, 5) is 43.7. The number of pyridine rings is 1. The van der Waals surface area contributed by atoms with Crippen LogP contribution in [0.1, 0.15) is 21.5 Å².